The Labute approximate surface area is 154 Å². The molecule has 1 N–H and O–H groups in total. The molecular formula is C21H40O4. The van der Waals surface area contributed by atoms with Gasteiger partial charge in [0.05, 0.1) is 0 Å². The van der Waals surface area contributed by atoms with Gasteiger partial charge in [0.25, 0.3) is 0 Å². The Balaban J connectivity index is 3.19. The number of ether oxygens (including phenoxy) is 1. The van der Waals surface area contributed by atoms with E-state index >= 15 is 0 Å². The highest BCUT2D eigenvalue weighted by Gasteiger charge is 2.15. The Morgan fingerprint density at radius 3 is 1.44 bits per heavy atom. The molecule has 1 atom stereocenters. The minimum absolute atomic E-state index is 0.329. The lowest BCUT2D eigenvalue weighted by Gasteiger charge is -2.08. The highest BCUT2D eigenvalue weighted by molar-refractivity contribution is 5.77. The first-order chi connectivity index (χ1) is 12.1. The summed E-state index contributed by atoms with van der Waals surface area (Å²) in [5.41, 5.74) is 0. The molecule has 0 rings (SSSR count). The third kappa shape index (κ3) is 17.6. The molecule has 0 radical (unpaired) electrons. The quantitative estimate of drug-likeness (QED) is 0.232. The fourth-order valence-corrected chi connectivity index (χ4v) is 2.95. The van der Waals surface area contributed by atoms with Gasteiger partial charge in [0.1, 0.15) is 0 Å². The minimum Gasteiger partial charge on any atom is -0.479 e. The van der Waals surface area contributed by atoms with Gasteiger partial charge in [-0.05, 0) is 13.3 Å². The first-order valence-corrected chi connectivity index (χ1v) is 10.5. The van der Waals surface area contributed by atoms with E-state index in [0.29, 0.717) is 6.42 Å². The third-order valence-electron chi connectivity index (χ3n) is 4.64. The molecule has 0 aromatic rings. The number of aliphatic carboxylic acids is 1. The zero-order chi connectivity index (χ0) is 18.8. The summed E-state index contributed by atoms with van der Waals surface area (Å²) in [6.45, 7) is 3.64. The Kier molecular flexibility index (Phi) is 17.0. The smallest absolute Gasteiger partial charge is 0.344 e. The van der Waals surface area contributed by atoms with E-state index in [4.69, 9.17) is 9.84 Å². The molecular weight excluding hydrogens is 316 g/mol. The predicted octanol–water partition coefficient (Wildman–Crippen LogP) is 6.26. The van der Waals surface area contributed by atoms with Crippen LogP contribution < -0.4 is 0 Å². The summed E-state index contributed by atoms with van der Waals surface area (Å²) in [6.07, 6.45) is 18.6. The number of hydrogen-bond donors (Lipinski definition) is 1. The van der Waals surface area contributed by atoms with Crippen molar-refractivity contribution < 1.29 is 19.4 Å². The van der Waals surface area contributed by atoms with Crippen LogP contribution in [0, 0.1) is 0 Å². The zero-order valence-electron chi connectivity index (χ0n) is 16.6. The van der Waals surface area contributed by atoms with Crippen molar-refractivity contribution in [2.75, 3.05) is 0 Å². The van der Waals surface area contributed by atoms with Gasteiger partial charge < -0.3 is 9.84 Å². The van der Waals surface area contributed by atoms with Gasteiger partial charge in [0, 0.05) is 6.42 Å². The van der Waals surface area contributed by atoms with Crippen LogP contribution in [0.4, 0.5) is 0 Å². The van der Waals surface area contributed by atoms with Crippen LogP contribution in [0.2, 0.25) is 0 Å². The maximum atomic E-state index is 11.4. The molecule has 4 heteroatoms. The lowest BCUT2D eigenvalue weighted by Crippen LogP contribution is -2.23. The molecule has 0 saturated carbocycles. The number of carboxylic acids is 1. The maximum Gasteiger partial charge on any atom is 0.344 e. The molecule has 0 spiro atoms. The molecule has 25 heavy (non-hydrogen) atoms. The molecule has 0 aromatic heterocycles. The van der Waals surface area contributed by atoms with E-state index in [-0.39, 0.29) is 0 Å². The second-order valence-electron chi connectivity index (χ2n) is 7.17. The number of rotatable bonds is 18. The van der Waals surface area contributed by atoms with Gasteiger partial charge >= 0.3 is 11.9 Å². The fourth-order valence-electron chi connectivity index (χ4n) is 2.95. The van der Waals surface area contributed by atoms with Crippen LogP contribution in [-0.2, 0) is 14.3 Å². The second-order valence-corrected chi connectivity index (χ2v) is 7.17. The summed E-state index contributed by atoms with van der Waals surface area (Å²) in [7, 11) is 0. The molecule has 4 nitrogen and oxygen atoms in total. The maximum absolute atomic E-state index is 11.4. The first kappa shape index (κ1) is 23.9. The van der Waals surface area contributed by atoms with E-state index in [1.54, 1.807) is 0 Å². The lowest BCUT2D eigenvalue weighted by atomic mass is 10.0. The van der Waals surface area contributed by atoms with Crippen molar-refractivity contribution in [2.24, 2.45) is 0 Å². The van der Waals surface area contributed by atoms with Gasteiger partial charge in [0.15, 0.2) is 6.10 Å². The average Bonchev–Trinajstić information content (AvgIpc) is 2.58. The SMILES string of the molecule is CCCCCCCCCCCCCCCCCC(=O)O[C@@H](C)C(=O)O. The number of carboxylic acid groups (broad SMARTS) is 1. The van der Waals surface area contributed by atoms with Crippen LogP contribution in [-0.4, -0.2) is 23.1 Å². The molecule has 0 aliphatic carbocycles. The van der Waals surface area contributed by atoms with Gasteiger partial charge in [0.2, 0.25) is 0 Å². The van der Waals surface area contributed by atoms with Gasteiger partial charge in [-0.15, -0.1) is 0 Å². The van der Waals surface area contributed by atoms with E-state index < -0.39 is 18.0 Å². The summed E-state index contributed by atoms with van der Waals surface area (Å²) in [5.74, 6) is -1.49. The normalized spacial score (nSPS) is 12.1. The average molecular weight is 357 g/mol. The van der Waals surface area contributed by atoms with Crippen molar-refractivity contribution >= 4 is 11.9 Å². The van der Waals surface area contributed by atoms with Gasteiger partial charge in [-0.2, -0.15) is 0 Å². The monoisotopic (exact) mass is 356 g/mol. The summed E-state index contributed by atoms with van der Waals surface area (Å²) < 4.78 is 4.79. The van der Waals surface area contributed by atoms with Crippen LogP contribution in [0.15, 0.2) is 0 Å². The molecule has 0 aromatic carbocycles. The Bertz CT molecular complexity index is 328. The molecule has 0 aliphatic rings. The van der Waals surface area contributed by atoms with E-state index in [2.05, 4.69) is 6.92 Å². The Morgan fingerprint density at radius 1 is 0.720 bits per heavy atom. The molecule has 0 unspecified atom stereocenters. The number of unbranched alkanes of at least 4 members (excludes halogenated alkanes) is 14. The highest BCUT2D eigenvalue weighted by Crippen LogP contribution is 2.13. The van der Waals surface area contributed by atoms with Gasteiger partial charge in [-0.1, -0.05) is 96.8 Å². The van der Waals surface area contributed by atoms with Crippen molar-refractivity contribution in [3.05, 3.63) is 0 Å². The van der Waals surface area contributed by atoms with Crippen LogP contribution in [0.25, 0.3) is 0 Å². The summed E-state index contributed by atoms with van der Waals surface area (Å²) in [5, 5.41) is 8.66. The largest absolute Gasteiger partial charge is 0.479 e. The summed E-state index contributed by atoms with van der Waals surface area (Å²) >= 11 is 0. The van der Waals surface area contributed by atoms with Gasteiger partial charge in [-0.3, -0.25) is 4.79 Å². The summed E-state index contributed by atoms with van der Waals surface area (Å²) in [4.78, 5) is 22.0. The van der Waals surface area contributed by atoms with Crippen LogP contribution in [0.5, 0.6) is 0 Å². The Hall–Kier alpha value is -1.06. The highest BCUT2D eigenvalue weighted by atomic mass is 16.6. The second kappa shape index (κ2) is 17.8. The fraction of sp³-hybridized carbons (Fsp3) is 0.905. The van der Waals surface area contributed by atoms with E-state index in [9.17, 15) is 9.59 Å². The van der Waals surface area contributed by atoms with Crippen molar-refractivity contribution in [3.63, 3.8) is 0 Å². The zero-order valence-corrected chi connectivity index (χ0v) is 16.6. The van der Waals surface area contributed by atoms with Crippen LogP contribution in [0.1, 0.15) is 117 Å². The van der Waals surface area contributed by atoms with Crippen LogP contribution in [0.3, 0.4) is 0 Å². The molecule has 148 valence electrons. The number of carbonyl (C=O) groups is 2. The van der Waals surface area contributed by atoms with E-state index in [1.807, 2.05) is 0 Å². The molecule has 0 bridgehead atoms. The van der Waals surface area contributed by atoms with E-state index in [1.165, 1.54) is 84.0 Å². The lowest BCUT2D eigenvalue weighted by molar-refractivity contribution is -0.162. The molecule has 0 aliphatic heterocycles. The number of esters is 1. The molecule has 0 fully saturated rings. The number of hydrogen-bond acceptors (Lipinski definition) is 3. The van der Waals surface area contributed by atoms with Crippen LogP contribution >= 0.6 is 0 Å². The van der Waals surface area contributed by atoms with Crippen molar-refractivity contribution in [3.8, 4) is 0 Å². The molecule has 0 saturated heterocycles. The predicted molar refractivity (Wildman–Crippen MR) is 103 cm³/mol. The minimum atomic E-state index is -1.09. The standard InChI is InChI=1S/C21H40O4/c1-3-4-5-6-7-8-9-10-11-12-13-14-15-16-17-18-20(22)25-19(2)21(23)24/h19H,3-18H2,1-2H3,(H,23,24)/t19-/m0/s1. The first-order valence-electron chi connectivity index (χ1n) is 10.5. The van der Waals surface area contributed by atoms with E-state index in [0.717, 1.165) is 19.3 Å². The van der Waals surface area contributed by atoms with Crippen molar-refractivity contribution in [1.82, 2.24) is 0 Å². The summed E-state index contributed by atoms with van der Waals surface area (Å²) in [6, 6.07) is 0. The van der Waals surface area contributed by atoms with Crippen molar-refractivity contribution in [2.45, 2.75) is 123 Å². The number of carbonyl (C=O) groups excluding carboxylic acids is 1. The third-order valence-corrected chi connectivity index (χ3v) is 4.64. The van der Waals surface area contributed by atoms with Crippen molar-refractivity contribution in [1.29, 1.82) is 0 Å². The van der Waals surface area contributed by atoms with Gasteiger partial charge in [-0.25, -0.2) is 4.79 Å². The Morgan fingerprint density at radius 2 is 1.08 bits per heavy atom. The molecule has 0 heterocycles. The molecule has 0 amide bonds. The topological polar surface area (TPSA) is 63.6 Å².